The molecule has 5 heteroatoms. The second kappa shape index (κ2) is 8.99. The summed E-state index contributed by atoms with van der Waals surface area (Å²) in [6.45, 7) is 2.94. The summed E-state index contributed by atoms with van der Waals surface area (Å²) in [6.07, 6.45) is 9.21. The number of thiophene rings is 1. The third-order valence-electron chi connectivity index (χ3n) is 4.67. The molecular weight excluding hydrogens is 344 g/mol. The van der Waals surface area contributed by atoms with Crippen molar-refractivity contribution in [2.24, 2.45) is 5.92 Å². The summed E-state index contributed by atoms with van der Waals surface area (Å²) in [6, 6.07) is 8.62. The third kappa shape index (κ3) is 4.94. The number of pyridine rings is 1. The first-order chi connectivity index (χ1) is 12.7. The number of carbonyl (C=O) groups excluding carboxylic acids is 1. The molecule has 0 spiro atoms. The molecule has 0 aromatic carbocycles. The van der Waals surface area contributed by atoms with Crippen LogP contribution in [0.3, 0.4) is 0 Å². The Morgan fingerprint density at radius 2 is 2.27 bits per heavy atom. The van der Waals surface area contributed by atoms with Gasteiger partial charge in [0.05, 0.1) is 13.0 Å². The van der Waals surface area contributed by atoms with Gasteiger partial charge in [-0.1, -0.05) is 19.1 Å². The summed E-state index contributed by atoms with van der Waals surface area (Å²) in [4.78, 5) is 18.7. The van der Waals surface area contributed by atoms with Crippen LogP contribution >= 0.6 is 11.3 Å². The topological polar surface area (TPSA) is 51.2 Å². The number of anilines is 1. The fourth-order valence-corrected chi connectivity index (χ4v) is 4.03. The van der Waals surface area contributed by atoms with Crippen molar-refractivity contribution in [3.05, 3.63) is 51.4 Å². The maximum atomic E-state index is 11.5. The Bertz CT molecular complexity index is 782. The largest absolute Gasteiger partial charge is 0.469 e. The first-order valence-electron chi connectivity index (χ1n) is 9.21. The molecule has 2 aromatic rings. The van der Waals surface area contributed by atoms with Crippen LogP contribution in [-0.4, -0.2) is 24.6 Å². The standard InChI is InChI=1S/C21H26N2O2S/c1-15(21(24)25-2)8-11-19-13-12-18(26-19)7-3-6-17-10-9-16-5-4-14-22-20(16)23-17/h3,7,9-10,12-13,15H,4-6,8,11,14H2,1-2H3,(H,22,23)/b7-3+/t15-/m0/s1. The number of ether oxygens (including phenoxy) is 1. The number of allylic oxidation sites excluding steroid dienone is 1. The number of nitrogens with zero attached hydrogens (tertiary/aromatic N) is 1. The smallest absolute Gasteiger partial charge is 0.308 e. The predicted octanol–water partition coefficient (Wildman–Crippen LogP) is 4.50. The average Bonchev–Trinajstić information content (AvgIpc) is 3.13. The maximum Gasteiger partial charge on any atom is 0.308 e. The van der Waals surface area contributed by atoms with Crippen molar-refractivity contribution in [2.45, 2.75) is 39.0 Å². The van der Waals surface area contributed by atoms with E-state index in [1.54, 1.807) is 11.3 Å². The van der Waals surface area contributed by atoms with Gasteiger partial charge >= 0.3 is 5.97 Å². The molecule has 0 amide bonds. The number of fused-ring (bicyclic) bond motifs is 1. The molecular formula is C21H26N2O2S. The molecule has 2 aromatic heterocycles. The van der Waals surface area contributed by atoms with Crippen molar-refractivity contribution in [1.29, 1.82) is 0 Å². The van der Waals surface area contributed by atoms with Crippen LogP contribution in [0.25, 0.3) is 6.08 Å². The second-order valence-corrected chi connectivity index (χ2v) is 7.91. The van der Waals surface area contributed by atoms with Gasteiger partial charge in [-0.3, -0.25) is 4.79 Å². The zero-order valence-electron chi connectivity index (χ0n) is 15.5. The predicted molar refractivity (Wildman–Crippen MR) is 108 cm³/mol. The lowest BCUT2D eigenvalue weighted by molar-refractivity contribution is -0.145. The summed E-state index contributed by atoms with van der Waals surface area (Å²) in [7, 11) is 1.44. The molecule has 3 rings (SSSR count). The van der Waals surface area contributed by atoms with Crippen LogP contribution in [0.4, 0.5) is 5.82 Å². The van der Waals surface area contributed by atoms with Crippen LogP contribution in [0.2, 0.25) is 0 Å². The Hall–Kier alpha value is -2.14. The molecule has 0 bridgehead atoms. The summed E-state index contributed by atoms with van der Waals surface area (Å²) in [5.41, 5.74) is 2.42. The van der Waals surface area contributed by atoms with Gasteiger partial charge in [-0.25, -0.2) is 4.98 Å². The Morgan fingerprint density at radius 3 is 3.12 bits per heavy atom. The van der Waals surface area contributed by atoms with Gasteiger partial charge in [-0.2, -0.15) is 0 Å². The van der Waals surface area contributed by atoms with Crippen LogP contribution in [0.1, 0.15) is 40.8 Å². The number of methoxy groups -OCH3 is 1. The first-order valence-corrected chi connectivity index (χ1v) is 10.0. The van der Waals surface area contributed by atoms with Gasteiger partial charge in [0.25, 0.3) is 0 Å². The van der Waals surface area contributed by atoms with Crippen LogP contribution in [0.5, 0.6) is 0 Å². The Morgan fingerprint density at radius 1 is 1.38 bits per heavy atom. The van der Waals surface area contributed by atoms with Gasteiger partial charge in [-0.15, -0.1) is 11.3 Å². The van der Waals surface area contributed by atoms with Crippen molar-refractivity contribution in [3.63, 3.8) is 0 Å². The number of esters is 1. The summed E-state index contributed by atoms with van der Waals surface area (Å²) >= 11 is 1.78. The van der Waals surface area contributed by atoms with E-state index in [1.165, 1.54) is 28.8 Å². The lowest BCUT2D eigenvalue weighted by Gasteiger charge is -2.17. The van der Waals surface area contributed by atoms with Crippen LogP contribution < -0.4 is 5.32 Å². The second-order valence-electron chi connectivity index (χ2n) is 6.71. The Labute approximate surface area is 159 Å². The van der Waals surface area contributed by atoms with E-state index in [2.05, 4.69) is 41.7 Å². The van der Waals surface area contributed by atoms with Gasteiger partial charge in [0.1, 0.15) is 5.82 Å². The highest BCUT2D eigenvalue weighted by Crippen LogP contribution is 2.22. The van der Waals surface area contributed by atoms with E-state index in [0.717, 1.165) is 43.7 Å². The van der Waals surface area contributed by atoms with E-state index >= 15 is 0 Å². The molecule has 0 saturated heterocycles. The molecule has 1 aliphatic heterocycles. The number of nitrogens with one attached hydrogen (secondary N) is 1. The molecule has 3 heterocycles. The quantitative estimate of drug-likeness (QED) is 0.729. The highest BCUT2D eigenvalue weighted by Gasteiger charge is 2.13. The monoisotopic (exact) mass is 370 g/mol. The molecule has 0 radical (unpaired) electrons. The molecule has 0 saturated carbocycles. The van der Waals surface area contributed by atoms with E-state index in [4.69, 9.17) is 9.72 Å². The van der Waals surface area contributed by atoms with E-state index in [1.807, 2.05) is 6.92 Å². The Kier molecular flexibility index (Phi) is 6.45. The molecule has 1 aliphatic rings. The molecule has 4 nitrogen and oxygen atoms in total. The lowest BCUT2D eigenvalue weighted by Crippen LogP contribution is -2.13. The number of hydrogen-bond acceptors (Lipinski definition) is 5. The van der Waals surface area contributed by atoms with E-state index in [0.29, 0.717) is 0 Å². The SMILES string of the molecule is COC(=O)[C@@H](C)CCc1ccc(/C=C/Cc2ccc3c(n2)NCCC3)s1. The van der Waals surface area contributed by atoms with Crippen molar-refractivity contribution < 1.29 is 9.53 Å². The van der Waals surface area contributed by atoms with Gasteiger partial charge in [0.15, 0.2) is 0 Å². The Balaban J connectivity index is 1.51. The minimum Gasteiger partial charge on any atom is -0.469 e. The molecule has 0 fully saturated rings. The van der Waals surface area contributed by atoms with Crippen molar-refractivity contribution >= 4 is 29.2 Å². The molecule has 0 unspecified atom stereocenters. The molecule has 138 valence electrons. The maximum absolute atomic E-state index is 11.5. The summed E-state index contributed by atoms with van der Waals surface area (Å²) in [5.74, 6) is 0.874. The summed E-state index contributed by atoms with van der Waals surface area (Å²) < 4.78 is 4.78. The first kappa shape index (κ1) is 18.6. The molecule has 0 aliphatic carbocycles. The third-order valence-corrected chi connectivity index (χ3v) is 5.78. The highest BCUT2D eigenvalue weighted by molar-refractivity contribution is 7.12. The number of aryl methyl sites for hydroxylation is 2. The minimum absolute atomic E-state index is 0.0511. The van der Waals surface area contributed by atoms with Gasteiger partial charge in [-0.05, 0) is 55.5 Å². The van der Waals surface area contributed by atoms with E-state index < -0.39 is 0 Å². The van der Waals surface area contributed by atoms with E-state index in [-0.39, 0.29) is 11.9 Å². The van der Waals surface area contributed by atoms with Crippen LogP contribution in [0.15, 0.2) is 30.3 Å². The number of rotatable bonds is 7. The highest BCUT2D eigenvalue weighted by atomic mass is 32.1. The zero-order valence-corrected chi connectivity index (χ0v) is 16.3. The summed E-state index contributed by atoms with van der Waals surface area (Å²) in [5, 5.41) is 3.38. The number of hydrogen-bond donors (Lipinski definition) is 1. The van der Waals surface area contributed by atoms with Gasteiger partial charge in [0, 0.05) is 28.4 Å². The normalized spacial score (nSPS) is 14.7. The van der Waals surface area contributed by atoms with Gasteiger partial charge < -0.3 is 10.1 Å². The van der Waals surface area contributed by atoms with Crippen LogP contribution in [-0.2, 0) is 28.8 Å². The fraction of sp³-hybridized carbons (Fsp3) is 0.429. The number of aromatic nitrogens is 1. The lowest BCUT2D eigenvalue weighted by atomic mass is 10.1. The molecule has 1 atom stereocenters. The average molecular weight is 371 g/mol. The van der Waals surface area contributed by atoms with E-state index in [9.17, 15) is 4.79 Å². The fourth-order valence-electron chi connectivity index (χ4n) is 3.07. The molecule has 1 N–H and O–H groups in total. The van der Waals surface area contributed by atoms with Crippen LogP contribution in [0, 0.1) is 5.92 Å². The number of carbonyl (C=O) groups is 1. The van der Waals surface area contributed by atoms with Crippen molar-refractivity contribution in [1.82, 2.24) is 4.98 Å². The minimum atomic E-state index is -0.131. The van der Waals surface area contributed by atoms with Crippen molar-refractivity contribution in [3.8, 4) is 0 Å². The molecule has 26 heavy (non-hydrogen) atoms. The zero-order chi connectivity index (χ0) is 18.4. The van der Waals surface area contributed by atoms with Crippen molar-refractivity contribution in [2.75, 3.05) is 19.0 Å². The van der Waals surface area contributed by atoms with Gasteiger partial charge in [0.2, 0.25) is 0 Å².